The maximum absolute atomic E-state index is 12.3. The Morgan fingerprint density at radius 1 is 1.43 bits per heavy atom. The summed E-state index contributed by atoms with van der Waals surface area (Å²) in [6.45, 7) is 5.12. The molecule has 0 saturated carbocycles. The third kappa shape index (κ3) is 6.94. The number of hydrogen-bond donors (Lipinski definition) is 4. The van der Waals surface area contributed by atoms with Crippen molar-refractivity contribution < 1.29 is 18.3 Å². The van der Waals surface area contributed by atoms with Gasteiger partial charge in [0.2, 0.25) is 16.0 Å². The fourth-order valence-electron chi connectivity index (χ4n) is 2.06. The molecule has 2 aromatic rings. The molecule has 0 aromatic carbocycles. The van der Waals surface area contributed by atoms with Crippen LogP contribution in [0.15, 0.2) is 26.3 Å². The van der Waals surface area contributed by atoms with Gasteiger partial charge in [-0.2, -0.15) is 4.98 Å². The molecule has 0 aliphatic carbocycles. The van der Waals surface area contributed by atoms with Crippen molar-refractivity contribution in [2.45, 2.75) is 30.5 Å². The first-order valence-corrected chi connectivity index (χ1v) is 11.8. The second-order valence-electron chi connectivity index (χ2n) is 5.85. The monoisotopic (exact) mass is 493 g/mol. The van der Waals surface area contributed by atoms with E-state index in [2.05, 4.69) is 41.3 Å². The molecule has 0 bridgehead atoms. The van der Waals surface area contributed by atoms with Gasteiger partial charge in [0.05, 0.1) is 16.8 Å². The molecule has 0 radical (unpaired) electrons. The molecule has 0 saturated heterocycles. The van der Waals surface area contributed by atoms with Gasteiger partial charge >= 0.3 is 0 Å². The van der Waals surface area contributed by atoms with Crippen molar-refractivity contribution in [1.29, 1.82) is 0 Å². The minimum Gasteiger partial charge on any atom is -0.394 e. The molecule has 28 heavy (non-hydrogen) atoms. The molecule has 0 amide bonds. The van der Waals surface area contributed by atoms with E-state index in [1.807, 2.05) is 13.8 Å². The smallest absolute Gasteiger partial charge is 0.250 e. The van der Waals surface area contributed by atoms with Crippen LogP contribution >= 0.6 is 27.3 Å². The maximum Gasteiger partial charge on any atom is 0.250 e. The lowest BCUT2D eigenvalue weighted by atomic mass is 10.3. The van der Waals surface area contributed by atoms with E-state index in [1.54, 1.807) is 11.6 Å². The lowest BCUT2D eigenvalue weighted by Gasteiger charge is -2.13. The number of aliphatic hydroxyl groups is 1. The molecule has 156 valence electrons. The van der Waals surface area contributed by atoms with E-state index in [1.165, 1.54) is 6.07 Å². The van der Waals surface area contributed by atoms with Crippen LogP contribution in [0, 0.1) is 0 Å². The number of nitrogens with one attached hydrogen (secondary N) is 3. The molecule has 0 fully saturated rings. The SMILES string of the molecule is CCOCCCNS(=O)(=O)c1cc(Nc2ncc(Br)c(N[C@H](C)CO)n2)cs1. The average molecular weight is 494 g/mol. The van der Waals surface area contributed by atoms with Gasteiger partial charge < -0.3 is 20.5 Å². The molecule has 9 nitrogen and oxygen atoms in total. The number of halogens is 1. The predicted molar refractivity (Wildman–Crippen MR) is 114 cm³/mol. The number of hydrogen-bond acceptors (Lipinski definition) is 9. The summed E-state index contributed by atoms with van der Waals surface area (Å²) in [4.78, 5) is 8.51. The number of rotatable bonds is 12. The van der Waals surface area contributed by atoms with Crippen molar-refractivity contribution in [3.63, 3.8) is 0 Å². The highest BCUT2D eigenvalue weighted by atomic mass is 79.9. The minimum absolute atomic E-state index is 0.0392. The molecule has 4 N–H and O–H groups in total. The van der Waals surface area contributed by atoms with E-state index in [0.717, 1.165) is 11.3 Å². The second-order valence-corrected chi connectivity index (χ2v) is 9.61. The third-order valence-electron chi connectivity index (χ3n) is 3.46. The fourth-order valence-corrected chi connectivity index (χ4v) is 4.59. The molecule has 2 aromatic heterocycles. The minimum atomic E-state index is -3.57. The largest absolute Gasteiger partial charge is 0.394 e. The summed E-state index contributed by atoms with van der Waals surface area (Å²) < 4.78 is 33.3. The first-order chi connectivity index (χ1) is 13.4. The van der Waals surface area contributed by atoms with E-state index in [9.17, 15) is 8.42 Å². The Hall–Kier alpha value is -1.31. The van der Waals surface area contributed by atoms with Gasteiger partial charge in [-0.1, -0.05) is 0 Å². The zero-order valence-corrected chi connectivity index (χ0v) is 18.8. The molecular weight excluding hydrogens is 470 g/mol. The summed E-state index contributed by atoms with van der Waals surface area (Å²) in [5.74, 6) is 0.834. The van der Waals surface area contributed by atoms with Crippen LogP contribution in [0.3, 0.4) is 0 Å². The highest BCUT2D eigenvalue weighted by Gasteiger charge is 2.17. The topological polar surface area (TPSA) is 125 Å². The number of nitrogens with zero attached hydrogens (tertiary/aromatic N) is 2. The van der Waals surface area contributed by atoms with Crippen LogP contribution in [-0.2, 0) is 14.8 Å². The maximum atomic E-state index is 12.3. The molecule has 0 aliphatic heterocycles. The lowest BCUT2D eigenvalue weighted by molar-refractivity contribution is 0.146. The van der Waals surface area contributed by atoms with Gasteiger partial charge in [-0.3, -0.25) is 0 Å². The number of sulfonamides is 1. The Balaban J connectivity index is 2.01. The second kappa shape index (κ2) is 11.0. The standard InChI is InChI=1S/C16H24BrN5O4S2/c1-3-26-6-4-5-19-28(24,25)14-7-12(10-27-14)21-16-18-8-13(17)15(22-16)20-11(2)9-23/h7-8,10-11,19,23H,3-6,9H2,1-2H3,(H2,18,20,21,22)/t11-/m1/s1. The van der Waals surface area contributed by atoms with Crippen molar-refractivity contribution in [2.24, 2.45) is 0 Å². The molecule has 0 unspecified atom stereocenters. The Morgan fingerprint density at radius 3 is 2.93 bits per heavy atom. The third-order valence-corrected chi connectivity index (χ3v) is 6.94. The normalized spacial score (nSPS) is 12.7. The quantitative estimate of drug-likeness (QED) is 0.332. The van der Waals surface area contributed by atoms with Crippen molar-refractivity contribution in [2.75, 3.05) is 37.0 Å². The average Bonchev–Trinajstić information content (AvgIpc) is 3.13. The number of aromatic nitrogens is 2. The van der Waals surface area contributed by atoms with E-state index in [-0.39, 0.29) is 16.9 Å². The first kappa shape index (κ1) is 23.0. The van der Waals surface area contributed by atoms with Crippen LogP contribution in [0.5, 0.6) is 0 Å². The summed E-state index contributed by atoms with van der Waals surface area (Å²) in [6.07, 6.45) is 2.18. The number of aliphatic hydroxyl groups excluding tert-OH is 1. The zero-order chi connectivity index (χ0) is 20.6. The predicted octanol–water partition coefficient (Wildman–Crippen LogP) is 2.54. The summed E-state index contributed by atoms with van der Waals surface area (Å²) in [7, 11) is -3.57. The Morgan fingerprint density at radius 2 is 2.21 bits per heavy atom. The van der Waals surface area contributed by atoms with Gasteiger partial charge in [0.15, 0.2) is 0 Å². The van der Waals surface area contributed by atoms with E-state index in [0.29, 0.717) is 48.1 Å². The van der Waals surface area contributed by atoms with Gasteiger partial charge in [-0.25, -0.2) is 18.1 Å². The number of anilines is 3. The van der Waals surface area contributed by atoms with E-state index >= 15 is 0 Å². The van der Waals surface area contributed by atoms with Crippen molar-refractivity contribution in [3.8, 4) is 0 Å². The van der Waals surface area contributed by atoms with Gasteiger partial charge in [0.25, 0.3) is 0 Å². The Bertz CT molecular complexity index is 862. The Kier molecular flexibility index (Phi) is 9.05. The van der Waals surface area contributed by atoms with Crippen LogP contribution in [0.1, 0.15) is 20.3 Å². The summed E-state index contributed by atoms with van der Waals surface area (Å²) in [6, 6.07) is 1.36. The number of thiophene rings is 1. The molecule has 2 heterocycles. The summed E-state index contributed by atoms with van der Waals surface area (Å²) in [5.41, 5.74) is 0.572. The molecule has 12 heteroatoms. The zero-order valence-electron chi connectivity index (χ0n) is 15.6. The van der Waals surface area contributed by atoms with Gasteiger partial charge in [-0.15, -0.1) is 11.3 Å². The van der Waals surface area contributed by atoms with Crippen LogP contribution < -0.4 is 15.4 Å². The molecule has 1 atom stereocenters. The molecular formula is C16H24BrN5O4S2. The highest BCUT2D eigenvalue weighted by molar-refractivity contribution is 9.10. The number of ether oxygens (including phenoxy) is 1. The van der Waals surface area contributed by atoms with Crippen LogP contribution in [0.2, 0.25) is 0 Å². The fraction of sp³-hybridized carbons (Fsp3) is 0.500. The molecule has 2 rings (SSSR count). The first-order valence-electron chi connectivity index (χ1n) is 8.68. The van der Waals surface area contributed by atoms with Crippen LogP contribution in [-0.4, -0.2) is 55.9 Å². The van der Waals surface area contributed by atoms with Crippen LogP contribution in [0.25, 0.3) is 0 Å². The van der Waals surface area contributed by atoms with Crippen LogP contribution in [0.4, 0.5) is 17.5 Å². The summed E-state index contributed by atoms with van der Waals surface area (Å²) in [5, 5.41) is 16.9. The molecule has 0 spiro atoms. The van der Waals surface area contributed by atoms with E-state index in [4.69, 9.17) is 9.84 Å². The lowest BCUT2D eigenvalue weighted by Crippen LogP contribution is -2.24. The van der Waals surface area contributed by atoms with Gasteiger partial charge in [0, 0.05) is 37.4 Å². The summed E-state index contributed by atoms with van der Waals surface area (Å²) >= 11 is 4.46. The van der Waals surface area contributed by atoms with E-state index < -0.39 is 10.0 Å². The van der Waals surface area contributed by atoms with Gasteiger partial charge in [0.1, 0.15) is 10.0 Å². The highest BCUT2D eigenvalue weighted by Crippen LogP contribution is 2.27. The van der Waals surface area contributed by atoms with Crippen molar-refractivity contribution in [1.82, 2.24) is 14.7 Å². The molecule has 0 aliphatic rings. The van der Waals surface area contributed by atoms with Crippen molar-refractivity contribution >= 4 is 54.7 Å². The Labute approximate surface area is 177 Å². The van der Waals surface area contributed by atoms with Gasteiger partial charge in [-0.05, 0) is 42.3 Å². The van der Waals surface area contributed by atoms with Crippen molar-refractivity contribution in [3.05, 3.63) is 22.1 Å².